The summed E-state index contributed by atoms with van der Waals surface area (Å²) in [5, 5.41) is 0. The molecule has 0 amide bonds. The lowest BCUT2D eigenvalue weighted by atomic mass is 10.0. The Hall–Kier alpha value is -0.920. The fourth-order valence-electron chi connectivity index (χ4n) is 0.253. The molecule has 0 radical (unpaired) electrons. The molecule has 1 heterocycles. The molecule has 1 rings (SSSR count). The van der Waals surface area contributed by atoms with Gasteiger partial charge in [0, 0.05) is 24.8 Å². The second-order valence-electron chi connectivity index (χ2n) is 3.89. The number of hydrogen-bond donors (Lipinski definition) is 0. The van der Waals surface area contributed by atoms with Gasteiger partial charge >= 0.3 is 0 Å². The van der Waals surface area contributed by atoms with Gasteiger partial charge in [0.15, 0.2) is 0 Å². The van der Waals surface area contributed by atoms with Gasteiger partial charge in [0.2, 0.25) is 0 Å². The van der Waals surface area contributed by atoms with E-state index in [0.29, 0.717) is 5.41 Å². The Morgan fingerprint density at radius 3 is 0.929 bits per heavy atom. The van der Waals surface area contributed by atoms with Crippen LogP contribution in [0.25, 0.3) is 0 Å². The van der Waals surface area contributed by atoms with Crippen molar-refractivity contribution in [3.05, 3.63) is 24.8 Å². The molecule has 0 aliphatic carbocycles. The molecule has 0 N–H and O–H groups in total. The van der Waals surface area contributed by atoms with Crippen LogP contribution < -0.4 is 0 Å². The van der Waals surface area contributed by atoms with E-state index in [1.807, 2.05) is 13.8 Å². The zero-order chi connectivity index (χ0) is 10.7. The van der Waals surface area contributed by atoms with Crippen molar-refractivity contribution in [1.29, 1.82) is 0 Å². The molecule has 1 aromatic rings. The number of rotatable bonds is 0. The number of hydrogen-bond acceptors (Lipinski definition) is 2. The van der Waals surface area contributed by atoms with Crippen molar-refractivity contribution in [2.45, 2.75) is 49.0 Å². The first-order valence-corrected chi connectivity index (χ1v) is 4.70. The Balaban J connectivity index is -0.000000141. The SMILES string of the molecule is C.CC.CC(C)(C)C.c1cnccn1. The minimum absolute atomic E-state index is 0. The molecule has 14 heavy (non-hydrogen) atoms. The van der Waals surface area contributed by atoms with E-state index in [0.717, 1.165) is 0 Å². The minimum atomic E-state index is 0. The monoisotopic (exact) mass is 198 g/mol. The maximum absolute atomic E-state index is 3.72. The van der Waals surface area contributed by atoms with E-state index < -0.39 is 0 Å². The van der Waals surface area contributed by atoms with Gasteiger partial charge in [0.05, 0.1) is 0 Å². The van der Waals surface area contributed by atoms with E-state index in [1.54, 1.807) is 24.8 Å². The molecule has 0 aliphatic heterocycles. The van der Waals surface area contributed by atoms with Gasteiger partial charge in [-0.2, -0.15) is 0 Å². The average molecular weight is 198 g/mol. The maximum Gasteiger partial charge on any atom is 0.0451 e. The predicted octanol–water partition coefficient (Wildman–Crippen LogP) is 4.19. The Morgan fingerprint density at radius 1 is 0.714 bits per heavy atom. The first-order chi connectivity index (χ1) is 6.00. The molecule has 0 unspecified atom stereocenters. The van der Waals surface area contributed by atoms with Gasteiger partial charge in [-0.3, -0.25) is 9.97 Å². The number of nitrogens with zero attached hydrogens (tertiary/aromatic N) is 2. The van der Waals surface area contributed by atoms with E-state index in [4.69, 9.17) is 0 Å². The lowest BCUT2D eigenvalue weighted by Gasteiger charge is -2.05. The standard InChI is InChI=1S/C5H12.C4H4N2.C2H6.CH4/c1-5(2,3)4;1-2-6-4-3-5-1;1-2;/h1-4H3;1-4H;1-2H3;1H4. The normalized spacial score (nSPS) is 8.14. The molecular weight excluding hydrogens is 172 g/mol. The van der Waals surface area contributed by atoms with Gasteiger partial charge in [-0.1, -0.05) is 49.0 Å². The second kappa shape index (κ2) is 12.1. The lowest BCUT2D eigenvalue weighted by molar-refractivity contribution is 0.469. The first-order valence-electron chi connectivity index (χ1n) is 4.70. The van der Waals surface area contributed by atoms with Crippen molar-refractivity contribution in [2.24, 2.45) is 5.41 Å². The van der Waals surface area contributed by atoms with Gasteiger partial charge < -0.3 is 0 Å². The topological polar surface area (TPSA) is 25.8 Å². The first kappa shape index (κ1) is 18.8. The summed E-state index contributed by atoms with van der Waals surface area (Å²) in [5.74, 6) is 0. The van der Waals surface area contributed by atoms with Crippen LogP contribution in [0.4, 0.5) is 0 Å². The summed E-state index contributed by atoms with van der Waals surface area (Å²) in [6, 6.07) is 0. The quantitative estimate of drug-likeness (QED) is 0.624. The third-order valence-corrected chi connectivity index (χ3v) is 0.478. The molecule has 0 aromatic carbocycles. The van der Waals surface area contributed by atoms with E-state index in [2.05, 4.69) is 37.7 Å². The van der Waals surface area contributed by atoms with Crippen LogP contribution in [0.5, 0.6) is 0 Å². The minimum Gasteiger partial charge on any atom is -0.262 e. The van der Waals surface area contributed by atoms with Crippen LogP contribution in [-0.2, 0) is 0 Å². The summed E-state index contributed by atoms with van der Waals surface area (Å²) in [7, 11) is 0. The largest absolute Gasteiger partial charge is 0.262 e. The molecule has 0 fully saturated rings. The van der Waals surface area contributed by atoms with Crippen molar-refractivity contribution in [3.8, 4) is 0 Å². The summed E-state index contributed by atoms with van der Waals surface area (Å²) in [6.07, 6.45) is 6.56. The summed E-state index contributed by atoms with van der Waals surface area (Å²) in [4.78, 5) is 7.44. The zero-order valence-electron chi connectivity index (χ0n) is 9.70. The summed E-state index contributed by atoms with van der Waals surface area (Å²) in [5.41, 5.74) is 0.500. The Bertz CT molecular complexity index is 133. The van der Waals surface area contributed by atoms with Gasteiger partial charge in [-0.25, -0.2) is 0 Å². The molecular formula is C12H26N2. The van der Waals surface area contributed by atoms with E-state index in [9.17, 15) is 0 Å². The predicted molar refractivity (Wildman–Crippen MR) is 65.2 cm³/mol. The molecule has 1 aromatic heterocycles. The van der Waals surface area contributed by atoms with Crippen LogP contribution in [0.1, 0.15) is 49.0 Å². The fourth-order valence-corrected chi connectivity index (χ4v) is 0.253. The van der Waals surface area contributed by atoms with Crippen molar-refractivity contribution < 1.29 is 0 Å². The second-order valence-corrected chi connectivity index (χ2v) is 3.89. The molecule has 0 saturated carbocycles. The Labute approximate surface area is 89.8 Å². The van der Waals surface area contributed by atoms with Crippen LogP contribution in [0.2, 0.25) is 0 Å². The van der Waals surface area contributed by atoms with Gasteiger partial charge in [-0.05, 0) is 5.41 Å². The summed E-state index contributed by atoms with van der Waals surface area (Å²) >= 11 is 0. The van der Waals surface area contributed by atoms with Gasteiger partial charge in [0.25, 0.3) is 0 Å². The third-order valence-electron chi connectivity index (χ3n) is 0.478. The van der Waals surface area contributed by atoms with Gasteiger partial charge in [-0.15, -0.1) is 0 Å². The zero-order valence-corrected chi connectivity index (χ0v) is 9.70. The summed E-state index contributed by atoms with van der Waals surface area (Å²) < 4.78 is 0. The van der Waals surface area contributed by atoms with E-state index in [1.165, 1.54) is 0 Å². The fraction of sp³-hybridized carbons (Fsp3) is 0.667. The van der Waals surface area contributed by atoms with Crippen LogP contribution >= 0.6 is 0 Å². The average Bonchev–Trinajstić information content (AvgIpc) is 2.08. The maximum atomic E-state index is 3.72. The highest BCUT2D eigenvalue weighted by Crippen LogP contribution is 2.07. The summed E-state index contributed by atoms with van der Waals surface area (Å²) in [6.45, 7) is 12.8. The van der Waals surface area contributed by atoms with E-state index >= 15 is 0 Å². The molecule has 2 heteroatoms. The van der Waals surface area contributed by atoms with Crippen molar-refractivity contribution >= 4 is 0 Å². The smallest absolute Gasteiger partial charge is 0.0451 e. The molecule has 0 aliphatic rings. The van der Waals surface area contributed by atoms with E-state index in [-0.39, 0.29) is 7.43 Å². The molecule has 0 atom stereocenters. The highest BCUT2D eigenvalue weighted by atomic mass is 14.7. The molecule has 0 spiro atoms. The van der Waals surface area contributed by atoms with Crippen LogP contribution in [0, 0.1) is 5.41 Å². The number of aromatic nitrogens is 2. The van der Waals surface area contributed by atoms with Crippen molar-refractivity contribution in [2.75, 3.05) is 0 Å². The van der Waals surface area contributed by atoms with Crippen LogP contribution in [0.15, 0.2) is 24.8 Å². The van der Waals surface area contributed by atoms with Crippen LogP contribution in [0.3, 0.4) is 0 Å². The molecule has 84 valence electrons. The highest BCUT2D eigenvalue weighted by molar-refractivity contribution is 4.70. The molecule has 2 nitrogen and oxygen atoms in total. The highest BCUT2D eigenvalue weighted by Gasteiger charge is 1.95. The molecule has 0 saturated heterocycles. The van der Waals surface area contributed by atoms with Gasteiger partial charge in [0.1, 0.15) is 0 Å². The Morgan fingerprint density at radius 2 is 0.857 bits per heavy atom. The van der Waals surface area contributed by atoms with Crippen molar-refractivity contribution in [1.82, 2.24) is 9.97 Å². The van der Waals surface area contributed by atoms with Crippen LogP contribution in [-0.4, -0.2) is 9.97 Å². The van der Waals surface area contributed by atoms with Crippen molar-refractivity contribution in [3.63, 3.8) is 0 Å². The molecule has 0 bridgehead atoms. The third kappa shape index (κ3) is 43.6. The lowest BCUT2D eigenvalue weighted by Crippen LogP contribution is -1.93. The Kier molecular flexibility index (Phi) is 16.2.